The van der Waals surface area contributed by atoms with Gasteiger partial charge in [-0.05, 0) is 0 Å². The lowest BCUT2D eigenvalue weighted by Crippen LogP contribution is -2.36. The number of amides is 4. The van der Waals surface area contributed by atoms with E-state index in [4.69, 9.17) is 0 Å². The van der Waals surface area contributed by atoms with E-state index in [9.17, 15) is 28.8 Å². The summed E-state index contributed by atoms with van der Waals surface area (Å²) in [6, 6.07) is 0. The van der Waals surface area contributed by atoms with E-state index in [-0.39, 0.29) is 10.1 Å². The van der Waals surface area contributed by atoms with Crippen LogP contribution in [0.5, 0.6) is 0 Å². The van der Waals surface area contributed by atoms with E-state index in [1.54, 1.807) is 0 Å². The molecular weight excluding hydrogens is 288 g/mol. The lowest BCUT2D eigenvalue weighted by atomic mass is 10.4. The fourth-order valence-electron chi connectivity index (χ4n) is 1.34. The fourth-order valence-corrected chi connectivity index (χ4v) is 1.34. The first-order valence-corrected chi connectivity index (χ1v) is 5.42. The number of carbonyl (C=O) groups is 6. The Bertz CT molecular complexity index is 542. The van der Waals surface area contributed by atoms with E-state index >= 15 is 0 Å². The minimum atomic E-state index is -1.27. The van der Waals surface area contributed by atoms with Crippen molar-refractivity contribution < 1.29 is 38.4 Å². The van der Waals surface area contributed by atoms with Gasteiger partial charge in [0.2, 0.25) is 0 Å². The van der Waals surface area contributed by atoms with Gasteiger partial charge in [-0.1, -0.05) is 10.1 Å². The van der Waals surface area contributed by atoms with Crippen LogP contribution in [0.15, 0.2) is 24.3 Å². The molecule has 4 amide bonds. The topological polar surface area (TPSA) is 127 Å². The van der Waals surface area contributed by atoms with E-state index in [2.05, 4.69) is 9.68 Å². The van der Waals surface area contributed by atoms with Gasteiger partial charge in [0.25, 0.3) is 23.6 Å². The highest BCUT2D eigenvalue weighted by Gasteiger charge is 2.31. The van der Waals surface area contributed by atoms with Gasteiger partial charge < -0.3 is 9.68 Å². The molecule has 21 heavy (non-hydrogen) atoms. The average Bonchev–Trinajstić information content (AvgIpc) is 2.88. The largest absolute Gasteiger partial charge is 0.344 e. The fraction of sp³-hybridized carbons (Fsp3) is 0.0909. The van der Waals surface area contributed by atoms with Crippen LogP contribution in [-0.4, -0.2) is 45.7 Å². The van der Waals surface area contributed by atoms with Gasteiger partial charge >= 0.3 is 11.9 Å². The Morgan fingerprint density at radius 2 is 1.00 bits per heavy atom. The molecule has 2 aliphatic heterocycles. The smallest absolute Gasteiger partial charge is 0.329 e. The molecule has 0 N–H and O–H groups in total. The maximum absolute atomic E-state index is 11.3. The summed E-state index contributed by atoms with van der Waals surface area (Å²) in [7, 11) is 0. The Kier molecular flexibility index (Phi) is 3.61. The SMILES string of the molecule is O=C(CC(=O)ON1C(=O)C=CC1=O)ON1C(=O)C=CC1=O. The molecule has 0 spiro atoms. The van der Waals surface area contributed by atoms with Crippen molar-refractivity contribution in [1.29, 1.82) is 0 Å². The van der Waals surface area contributed by atoms with Crippen LogP contribution in [0.1, 0.15) is 6.42 Å². The van der Waals surface area contributed by atoms with Crippen molar-refractivity contribution in [2.75, 3.05) is 0 Å². The van der Waals surface area contributed by atoms with Crippen LogP contribution < -0.4 is 0 Å². The lowest BCUT2D eigenvalue weighted by molar-refractivity contribution is -0.205. The number of nitrogens with zero attached hydrogens (tertiary/aromatic N) is 2. The predicted molar refractivity (Wildman–Crippen MR) is 58.8 cm³/mol. The molecule has 108 valence electrons. The third-order valence-corrected chi connectivity index (χ3v) is 2.21. The number of hydroxylamine groups is 4. The van der Waals surface area contributed by atoms with Crippen molar-refractivity contribution in [3.63, 3.8) is 0 Å². The summed E-state index contributed by atoms with van der Waals surface area (Å²) in [5, 5.41) is 0.312. The van der Waals surface area contributed by atoms with Crippen molar-refractivity contribution in [3.05, 3.63) is 24.3 Å². The highest BCUT2D eigenvalue weighted by atomic mass is 16.7. The summed E-state index contributed by atoms with van der Waals surface area (Å²) in [5.41, 5.74) is 0. The van der Waals surface area contributed by atoms with Crippen LogP contribution in [0, 0.1) is 0 Å². The number of carbonyl (C=O) groups excluding carboxylic acids is 6. The van der Waals surface area contributed by atoms with Crippen LogP contribution in [-0.2, 0) is 38.4 Å². The molecule has 0 radical (unpaired) electrons. The summed E-state index contributed by atoms with van der Waals surface area (Å²) in [4.78, 5) is 75.7. The molecule has 0 saturated heterocycles. The average molecular weight is 294 g/mol. The van der Waals surface area contributed by atoms with Crippen molar-refractivity contribution in [2.45, 2.75) is 6.42 Å². The summed E-state index contributed by atoms with van der Waals surface area (Å²) < 4.78 is 0. The highest BCUT2D eigenvalue weighted by Crippen LogP contribution is 2.08. The predicted octanol–water partition coefficient (Wildman–Crippen LogP) is -1.86. The molecule has 2 heterocycles. The maximum Gasteiger partial charge on any atom is 0.344 e. The number of rotatable bonds is 4. The molecule has 0 bridgehead atoms. The molecule has 0 atom stereocenters. The molecule has 0 aromatic rings. The zero-order valence-corrected chi connectivity index (χ0v) is 10.2. The van der Waals surface area contributed by atoms with E-state index in [0.717, 1.165) is 24.3 Å². The first-order chi connectivity index (χ1) is 9.88. The van der Waals surface area contributed by atoms with Crippen LogP contribution >= 0.6 is 0 Å². The Hall–Kier alpha value is -3.30. The minimum Gasteiger partial charge on any atom is -0.329 e. The normalized spacial score (nSPS) is 17.0. The third-order valence-electron chi connectivity index (χ3n) is 2.21. The van der Waals surface area contributed by atoms with Gasteiger partial charge in [0.05, 0.1) is 0 Å². The first kappa shape index (κ1) is 14.1. The molecule has 0 aliphatic carbocycles. The number of hydrogen-bond acceptors (Lipinski definition) is 8. The summed E-state index contributed by atoms with van der Waals surface area (Å²) in [6.07, 6.45) is 2.50. The first-order valence-electron chi connectivity index (χ1n) is 5.42. The highest BCUT2D eigenvalue weighted by molar-refractivity contribution is 6.13. The summed E-state index contributed by atoms with van der Waals surface area (Å²) >= 11 is 0. The Labute approximate surface area is 116 Å². The van der Waals surface area contributed by atoms with Gasteiger partial charge in [-0.15, -0.1) is 0 Å². The van der Waals surface area contributed by atoms with Gasteiger partial charge in [0, 0.05) is 24.3 Å². The summed E-state index contributed by atoms with van der Waals surface area (Å²) in [5.74, 6) is -6.05. The Balaban J connectivity index is 1.84. The quantitative estimate of drug-likeness (QED) is 0.436. The molecule has 10 nitrogen and oxygen atoms in total. The van der Waals surface area contributed by atoms with Crippen molar-refractivity contribution >= 4 is 35.6 Å². The monoisotopic (exact) mass is 294 g/mol. The Morgan fingerprint density at radius 3 is 1.29 bits per heavy atom. The minimum absolute atomic E-state index is 0.156. The zero-order valence-electron chi connectivity index (χ0n) is 10.2. The van der Waals surface area contributed by atoms with Crippen LogP contribution in [0.3, 0.4) is 0 Å². The maximum atomic E-state index is 11.3. The second-order valence-electron chi connectivity index (χ2n) is 3.71. The lowest BCUT2D eigenvalue weighted by Gasteiger charge is -2.14. The van der Waals surface area contributed by atoms with E-state index < -0.39 is 42.0 Å². The Morgan fingerprint density at radius 1 is 0.714 bits per heavy atom. The molecule has 2 aliphatic rings. The third kappa shape index (κ3) is 3.00. The number of hydrogen-bond donors (Lipinski definition) is 0. The van der Waals surface area contributed by atoms with E-state index in [1.807, 2.05) is 0 Å². The second-order valence-corrected chi connectivity index (χ2v) is 3.71. The standard InChI is InChI=1S/C11H6N2O8/c14-6-1-2-7(15)12(6)20-10(18)5-11(19)21-13-8(16)3-4-9(13)17/h1-4H,5H2. The molecule has 2 rings (SSSR count). The van der Waals surface area contributed by atoms with Crippen molar-refractivity contribution in [1.82, 2.24) is 10.1 Å². The second kappa shape index (κ2) is 5.36. The summed E-state index contributed by atoms with van der Waals surface area (Å²) in [6.45, 7) is 0. The molecule has 0 fully saturated rings. The van der Waals surface area contributed by atoms with Gasteiger partial charge in [-0.3, -0.25) is 19.2 Å². The van der Waals surface area contributed by atoms with E-state index in [0.29, 0.717) is 0 Å². The van der Waals surface area contributed by atoms with Crippen LogP contribution in [0.25, 0.3) is 0 Å². The molecule has 0 unspecified atom stereocenters. The van der Waals surface area contributed by atoms with Gasteiger partial charge in [-0.2, -0.15) is 0 Å². The molecule has 10 heteroatoms. The van der Waals surface area contributed by atoms with Gasteiger partial charge in [0.15, 0.2) is 0 Å². The van der Waals surface area contributed by atoms with Gasteiger partial charge in [-0.25, -0.2) is 9.59 Å². The molecule has 0 saturated carbocycles. The zero-order chi connectivity index (χ0) is 15.6. The molecule has 0 aromatic heterocycles. The van der Waals surface area contributed by atoms with Crippen molar-refractivity contribution in [3.8, 4) is 0 Å². The van der Waals surface area contributed by atoms with Crippen molar-refractivity contribution in [2.24, 2.45) is 0 Å². The van der Waals surface area contributed by atoms with Gasteiger partial charge in [0.1, 0.15) is 6.42 Å². The molecular formula is C11H6N2O8. The molecule has 0 aromatic carbocycles. The van der Waals surface area contributed by atoms with E-state index in [1.165, 1.54) is 0 Å². The van der Waals surface area contributed by atoms with Crippen LogP contribution in [0.2, 0.25) is 0 Å². The number of imide groups is 2. The van der Waals surface area contributed by atoms with Crippen LogP contribution in [0.4, 0.5) is 0 Å².